The number of nitrogens with one attached hydrogen (secondary N) is 2. The molecule has 2 aromatic carbocycles. The number of likely N-dealkylation sites (tertiary alicyclic amines) is 1. The van der Waals surface area contributed by atoms with Crippen LogP contribution in [0.4, 0.5) is 29.3 Å². The Hall–Kier alpha value is -4.88. The highest BCUT2D eigenvalue weighted by Gasteiger charge is 2.45. The summed E-state index contributed by atoms with van der Waals surface area (Å²) >= 11 is 0.885. The van der Waals surface area contributed by atoms with Crippen molar-refractivity contribution in [1.29, 1.82) is 5.26 Å². The van der Waals surface area contributed by atoms with E-state index in [-0.39, 0.29) is 56.0 Å². The number of ether oxygens (including phenoxy) is 3. The number of fused-ring (bicyclic) bond motifs is 3. The molecule has 0 aliphatic carbocycles. The summed E-state index contributed by atoms with van der Waals surface area (Å²) < 4.78 is 49.8. The van der Waals surface area contributed by atoms with Crippen LogP contribution in [-0.2, 0) is 15.9 Å². The van der Waals surface area contributed by atoms with E-state index in [2.05, 4.69) is 31.6 Å². The van der Waals surface area contributed by atoms with E-state index in [1.807, 2.05) is 0 Å². The minimum absolute atomic E-state index is 0.0129. The summed E-state index contributed by atoms with van der Waals surface area (Å²) in [5.41, 5.74) is -0.951. The summed E-state index contributed by atoms with van der Waals surface area (Å²) in [6.07, 6.45) is 2.72. The van der Waals surface area contributed by atoms with Crippen molar-refractivity contribution >= 4 is 55.6 Å². The minimum Gasteiger partial charge on any atom is -0.461 e. The predicted molar refractivity (Wildman–Crippen MR) is 201 cm³/mol. The fraction of sp³-hybridized carbons (Fsp3) is 0.526. The number of rotatable bonds is 8. The van der Waals surface area contributed by atoms with Gasteiger partial charge in [-0.1, -0.05) is 11.3 Å². The highest BCUT2D eigenvalue weighted by Crippen LogP contribution is 2.42. The van der Waals surface area contributed by atoms with Crippen LogP contribution in [0.1, 0.15) is 72.8 Å². The Balaban J connectivity index is 1.29. The first-order valence-corrected chi connectivity index (χ1v) is 19.0. The van der Waals surface area contributed by atoms with Gasteiger partial charge in [0, 0.05) is 29.6 Å². The normalized spacial score (nSPS) is 17.3. The molecule has 3 saturated heterocycles. The molecule has 0 bridgehead atoms. The van der Waals surface area contributed by atoms with Crippen molar-refractivity contribution in [2.24, 2.45) is 0 Å². The molecule has 0 unspecified atom stereocenters. The second-order valence-corrected chi connectivity index (χ2v) is 17.2. The zero-order chi connectivity index (χ0) is 38.6. The van der Waals surface area contributed by atoms with Crippen molar-refractivity contribution in [3.63, 3.8) is 0 Å². The Bertz CT molecular complexity index is 2160. The molecule has 2 amide bonds. The van der Waals surface area contributed by atoms with E-state index in [0.29, 0.717) is 36.5 Å². The molecule has 54 heavy (non-hydrogen) atoms. The van der Waals surface area contributed by atoms with E-state index in [0.717, 1.165) is 50.1 Å². The number of nitrogens with zero attached hydrogens (tertiary/aromatic N) is 6. The smallest absolute Gasteiger partial charge is 0.413 e. The number of hydrogen-bond donors (Lipinski definition) is 2. The quantitative estimate of drug-likeness (QED) is 0.182. The molecular formula is C38H44F2N8O5S. The maximum atomic E-state index is 17.3. The molecule has 7 rings (SSSR count). The van der Waals surface area contributed by atoms with Crippen LogP contribution in [0, 0.1) is 23.0 Å². The van der Waals surface area contributed by atoms with Crippen LogP contribution in [0.15, 0.2) is 18.2 Å². The monoisotopic (exact) mass is 762 g/mol. The second kappa shape index (κ2) is 14.1. The number of hydrogen-bond acceptors (Lipinski definition) is 12. The van der Waals surface area contributed by atoms with Crippen molar-refractivity contribution in [1.82, 2.24) is 24.8 Å². The number of carbonyl (C=O) groups excluding carboxylic acids is 2. The number of amides is 2. The first kappa shape index (κ1) is 37.4. The van der Waals surface area contributed by atoms with Gasteiger partial charge in [0.2, 0.25) is 0 Å². The third-order valence-corrected chi connectivity index (χ3v) is 10.8. The standard InChI is InChI=1S/C38H44F2N8O5S/c1-36(2,3)52-34(49)46-33-44-29-23(9-10-25(39)30(29)54-33)26-21(11-14-41)17-24-28(27(26)40)43-32(51-20-38-12-7-15-48(38)16-8-13-38)45-31(24)42-22-18-47(19-22)35(50)53-37(4,5)6/h9-10,17,22H,7-8,11-13,15-16,18-20H2,1-6H3,(H,42,43,45)(H,44,46,49). The molecular weight excluding hydrogens is 719 g/mol. The molecule has 0 spiro atoms. The largest absolute Gasteiger partial charge is 0.461 e. The Morgan fingerprint density at radius 2 is 1.72 bits per heavy atom. The van der Waals surface area contributed by atoms with Gasteiger partial charge in [0.25, 0.3) is 0 Å². The Kier molecular flexibility index (Phi) is 9.76. The Morgan fingerprint density at radius 3 is 2.39 bits per heavy atom. The third kappa shape index (κ3) is 7.56. The average Bonchev–Trinajstić information content (AvgIpc) is 3.76. The zero-order valence-corrected chi connectivity index (χ0v) is 32.1. The SMILES string of the molecule is CC(C)(C)OC(=O)Nc1nc2c(-c3c(CC#N)cc4c(NC5CN(C(=O)OC(C)(C)C)C5)nc(OCC56CCCN5CCC6)nc4c3F)ccc(F)c2s1. The molecule has 5 heterocycles. The summed E-state index contributed by atoms with van der Waals surface area (Å²) in [6.45, 7) is 13.6. The van der Waals surface area contributed by atoms with Crippen LogP contribution < -0.4 is 15.4 Å². The van der Waals surface area contributed by atoms with Crippen LogP contribution in [-0.4, -0.2) is 92.5 Å². The zero-order valence-electron chi connectivity index (χ0n) is 31.3. The molecule has 4 aromatic rings. The van der Waals surface area contributed by atoms with Crippen LogP contribution in [0.5, 0.6) is 6.01 Å². The van der Waals surface area contributed by atoms with E-state index in [1.54, 1.807) is 52.5 Å². The van der Waals surface area contributed by atoms with Gasteiger partial charge in [0.05, 0.1) is 34.3 Å². The number of nitriles is 1. The molecule has 3 aliphatic heterocycles. The van der Waals surface area contributed by atoms with Crippen molar-refractivity contribution < 1.29 is 32.6 Å². The van der Waals surface area contributed by atoms with E-state index in [4.69, 9.17) is 19.2 Å². The lowest BCUT2D eigenvalue weighted by Crippen LogP contribution is -2.58. The highest BCUT2D eigenvalue weighted by atomic mass is 32.1. The second-order valence-electron chi connectivity index (χ2n) is 16.2. The van der Waals surface area contributed by atoms with E-state index >= 15 is 8.78 Å². The lowest BCUT2D eigenvalue weighted by molar-refractivity contribution is 0.0104. The van der Waals surface area contributed by atoms with Gasteiger partial charge >= 0.3 is 18.2 Å². The number of anilines is 2. The van der Waals surface area contributed by atoms with Crippen molar-refractivity contribution in [2.75, 3.05) is 43.4 Å². The van der Waals surface area contributed by atoms with Crippen molar-refractivity contribution in [2.45, 2.75) is 96.4 Å². The molecule has 0 radical (unpaired) electrons. The Morgan fingerprint density at radius 1 is 1.02 bits per heavy atom. The predicted octanol–water partition coefficient (Wildman–Crippen LogP) is 7.64. The molecule has 3 aliphatic rings. The first-order chi connectivity index (χ1) is 25.5. The fourth-order valence-corrected chi connectivity index (χ4v) is 8.35. The van der Waals surface area contributed by atoms with E-state index < -0.39 is 35.0 Å². The first-order valence-electron chi connectivity index (χ1n) is 18.1. The van der Waals surface area contributed by atoms with E-state index in [1.165, 1.54) is 12.1 Å². The lowest BCUT2D eigenvalue weighted by Gasteiger charge is -2.40. The van der Waals surface area contributed by atoms with Gasteiger partial charge in [0.1, 0.15) is 35.0 Å². The van der Waals surface area contributed by atoms with E-state index in [9.17, 15) is 14.9 Å². The summed E-state index contributed by atoms with van der Waals surface area (Å²) in [5.74, 6) is -1.08. The van der Waals surface area contributed by atoms with Gasteiger partial charge in [-0.25, -0.2) is 23.4 Å². The fourth-order valence-electron chi connectivity index (χ4n) is 7.47. The van der Waals surface area contributed by atoms with Crippen LogP contribution >= 0.6 is 11.3 Å². The molecule has 2 aromatic heterocycles. The molecule has 286 valence electrons. The topological polar surface area (TPSA) is 155 Å². The van der Waals surface area contributed by atoms with Gasteiger partial charge in [0.15, 0.2) is 10.9 Å². The van der Waals surface area contributed by atoms with Gasteiger partial charge in [-0.3, -0.25) is 10.2 Å². The number of halogens is 2. The van der Waals surface area contributed by atoms with Gasteiger partial charge in [-0.15, -0.1) is 0 Å². The van der Waals surface area contributed by atoms with Gasteiger partial charge < -0.3 is 24.4 Å². The molecule has 3 fully saturated rings. The maximum absolute atomic E-state index is 17.3. The number of carbonyl (C=O) groups is 2. The summed E-state index contributed by atoms with van der Waals surface area (Å²) in [7, 11) is 0. The lowest BCUT2D eigenvalue weighted by atomic mass is 9.94. The molecule has 0 atom stereocenters. The van der Waals surface area contributed by atoms with Crippen LogP contribution in [0.3, 0.4) is 0 Å². The van der Waals surface area contributed by atoms with Crippen molar-refractivity contribution in [3.8, 4) is 23.2 Å². The summed E-state index contributed by atoms with van der Waals surface area (Å²) in [4.78, 5) is 43.0. The van der Waals surface area contributed by atoms with Gasteiger partial charge in [-0.05, 0) is 104 Å². The third-order valence-electron chi connectivity index (χ3n) is 9.79. The Labute approximate surface area is 316 Å². The molecule has 0 saturated carbocycles. The molecule has 13 nitrogen and oxygen atoms in total. The minimum atomic E-state index is -0.779. The van der Waals surface area contributed by atoms with Gasteiger partial charge in [-0.2, -0.15) is 15.2 Å². The number of aromatic nitrogens is 3. The summed E-state index contributed by atoms with van der Waals surface area (Å²) in [5, 5.41) is 16.2. The highest BCUT2D eigenvalue weighted by molar-refractivity contribution is 7.22. The maximum Gasteiger partial charge on any atom is 0.413 e. The van der Waals surface area contributed by atoms with Crippen LogP contribution in [0.25, 0.3) is 32.2 Å². The summed E-state index contributed by atoms with van der Waals surface area (Å²) in [6, 6.07) is 6.15. The number of benzene rings is 2. The van der Waals surface area contributed by atoms with Crippen molar-refractivity contribution in [3.05, 3.63) is 35.4 Å². The molecule has 16 heteroatoms. The average molecular weight is 763 g/mol. The number of thiazole rings is 1. The van der Waals surface area contributed by atoms with Crippen LogP contribution in [0.2, 0.25) is 0 Å². The molecule has 2 N–H and O–H groups in total.